The van der Waals surface area contributed by atoms with Crippen molar-refractivity contribution in [3.8, 4) is 0 Å². The topological polar surface area (TPSA) is 39.2 Å². The number of fused-ring (bicyclic) bond motifs is 2. The molecule has 0 fully saturated rings. The quantitative estimate of drug-likeness (QED) is 0.727. The first-order valence-corrected chi connectivity index (χ1v) is 7.80. The highest BCUT2D eigenvalue weighted by molar-refractivity contribution is 5.92. The van der Waals surface area contributed by atoms with Crippen LogP contribution in [-0.2, 0) is 17.6 Å². The van der Waals surface area contributed by atoms with Crippen LogP contribution in [0, 0.1) is 6.92 Å². The molecule has 3 heteroatoms. The van der Waals surface area contributed by atoms with Gasteiger partial charge >= 0.3 is 5.97 Å². The summed E-state index contributed by atoms with van der Waals surface area (Å²) in [7, 11) is 1.44. The molecule has 1 aliphatic rings. The Morgan fingerprint density at radius 3 is 2.30 bits per heavy atom. The van der Waals surface area contributed by atoms with E-state index in [2.05, 4.69) is 11.1 Å². The molecule has 0 N–H and O–H groups in total. The second-order valence-electron chi connectivity index (χ2n) is 5.70. The molecule has 2 rings (SSSR count). The molecule has 3 nitrogen and oxygen atoms in total. The average molecular weight is 275 g/mol. The van der Waals surface area contributed by atoms with Crippen LogP contribution in [0.1, 0.15) is 72.3 Å². The predicted molar refractivity (Wildman–Crippen MR) is 80.0 cm³/mol. The number of esters is 1. The number of carbonyl (C=O) groups is 1. The van der Waals surface area contributed by atoms with Gasteiger partial charge in [0.25, 0.3) is 0 Å². The van der Waals surface area contributed by atoms with Gasteiger partial charge in [0.2, 0.25) is 0 Å². The summed E-state index contributed by atoms with van der Waals surface area (Å²) in [6.45, 7) is 1.92. The first kappa shape index (κ1) is 15.0. The maximum Gasteiger partial charge on any atom is 0.339 e. The number of rotatable bonds is 1. The number of ether oxygens (including phenoxy) is 1. The molecule has 2 bridgehead atoms. The zero-order valence-electron chi connectivity index (χ0n) is 12.7. The highest BCUT2D eigenvalue weighted by Gasteiger charge is 2.17. The van der Waals surface area contributed by atoms with Crippen molar-refractivity contribution in [2.45, 2.75) is 64.7 Å². The standard InChI is InChI=1S/C17H25NO2/c1-13-16(17(19)20-2)14-10-8-6-4-3-5-7-9-11-15(12-14)18-13/h12H,3-11H2,1-2H3. The third kappa shape index (κ3) is 3.81. The molecule has 0 saturated heterocycles. The molecule has 0 aromatic carbocycles. The molecule has 1 aromatic rings. The maximum absolute atomic E-state index is 12.0. The van der Waals surface area contributed by atoms with Crippen molar-refractivity contribution in [3.05, 3.63) is 28.6 Å². The molecule has 0 aliphatic heterocycles. The predicted octanol–water partition coefficient (Wildman–Crippen LogP) is 4.01. The van der Waals surface area contributed by atoms with E-state index in [1.54, 1.807) is 0 Å². The van der Waals surface area contributed by atoms with Gasteiger partial charge in [-0.1, -0.05) is 32.1 Å². The lowest BCUT2D eigenvalue weighted by molar-refractivity contribution is 0.0598. The van der Waals surface area contributed by atoms with Gasteiger partial charge in [-0.3, -0.25) is 4.98 Å². The van der Waals surface area contributed by atoms with Gasteiger partial charge in [-0.15, -0.1) is 0 Å². The maximum atomic E-state index is 12.0. The molecular formula is C17H25NO2. The summed E-state index contributed by atoms with van der Waals surface area (Å²) >= 11 is 0. The minimum absolute atomic E-state index is 0.247. The number of hydrogen-bond acceptors (Lipinski definition) is 3. The van der Waals surface area contributed by atoms with Crippen LogP contribution in [0.3, 0.4) is 0 Å². The summed E-state index contributed by atoms with van der Waals surface area (Å²) in [5.41, 5.74) is 3.76. The van der Waals surface area contributed by atoms with Gasteiger partial charge in [0.15, 0.2) is 0 Å². The van der Waals surface area contributed by atoms with Crippen LogP contribution in [-0.4, -0.2) is 18.1 Å². The Labute approximate surface area is 121 Å². The highest BCUT2D eigenvalue weighted by atomic mass is 16.5. The zero-order valence-corrected chi connectivity index (χ0v) is 12.7. The van der Waals surface area contributed by atoms with Crippen LogP contribution < -0.4 is 0 Å². The zero-order chi connectivity index (χ0) is 14.4. The van der Waals surface area contributed by atoms with E-state index in [0.29, 0.717) is 5.56 Å². The summed E-state index contributed by atoms with van der Waals surface area (Å²) in [6.07, 6.45) is 10.8. The lowest BCUT2D eigenvalue weighted by Crippen LogP contribution is -2.12. The number of methoxy groups -OCH3 is 1. The van der Waals surface area contributed by atoms with Crippen molar-refractivity contribution in [1.82, 2.24) is 4.98 Å². The van der Waals surface area contributed by atoms with Crippen molar-refractivity contribution < 1.29 is 9.53 Å². The number of carbonyl (C=O) groups excluding carboxylic acids is 1. The molecule has 0 atom stereocenters. The third-order valence-electron chi connectivity index (χ3n) is 4.10. The van der Waals surface area contributed by atoms with E-state index < -0.39 is 0 Å². The van der Waals surface area contributed by atoms with E-state index in [1.165, 1.54) is 45.6 Å². The number of aryl methyl sites for hydroxylation is 3. The third-order valence-corrected chi connectivity index (χ3v) is 4.10. The average Bonchev–Trinajstić information content (AvgIpc) is 2.43. The molecule has 1 aliphatic carbocycles. The van der Waals surface area contributed by atoms with E-state index in [9.17, 15) is 4.79 Å². The number of hydrogen-bond donors (Lipinski definition) is 0. The van der Waals surface area contributed by atoms with Crippen LogP contribution in [0.15, 0.2) is 6.07 Å². The Balaban J connectivity index is 2.30. The molecule has 110 valence electrons. The first-order valence-electron chi connectivity index (χ1n) is 7.80. The summed E-state index contributed by atoms with van der Waals surface area (Å²) in [6, 6.07) is 2.13. The van der Waals surface area contributed by atoms with E-state index in [1.807, 2.05) is 6.92 Å². The fourth-order valence-electron chi connectivity index (χ4n) is 3.02. The van der Waals surface area contributed by atoms with E-state index in [-0.39, 0.29) is 5.97 Å². The highest BCUT2D eigenvalue weighted by Crippen LogP contribution is 2.21. The Kier molecular flexibility index (Phi) is 5.57. The normalized spacial score (nSPS) is 16.9. The molecular weight excluding hydrogens is 250 g/mol. The van der Waals surface area contributed by atoms with Crippen molar-refractivity contribution in [1.29, 1.82) is 0 Å². The van der Waals surface area contributed by atoms with E-state index in [0.717, 1.165) is 36.2 Å². The summed E-state index contributed by atoms with van der Waals surface area (Å²) < 4.78 is 4.92. The molecule has 0 unspecified atom stereocenters. The Morgan fingerprint density at radius 2 is 1.65 bits per heavy atom. The minimum atomic E-state index is -0.247. The van der Waals surface area contributed by atoms with Crippen LogP contribution >= 0.6 is 0 Å². The minimum Gasteiger partial charge on any atom is -0.465 e. The smallest absolute Gasteiger partial charge is 0.339 e. The van der Waals surface area contributed by atoms with Crippen LogP contribution in [0.25, 0.3) is 0 Å². The van der Waals surface area contributed by atoms with Crippen LogP contribution in [0.5, 0.6) is 0 Å². The fourth-order valence-corrected chi connectivity index (χ4v) is 3.02. The van der Waals surface area contributed by atoms with Gasteiger partial charge in [-0.05, 0) is 44.2 Å². The number of aromatic nitrogens is 1. The van der Waals surface area contributed by atoms with Gasteiger partial charge in [0, 0.05) is 5.69 Å². The summed E-state index contributed by atoms with van der Waals surface area (Å²) in [5.74, 6) is -0.247. The molecule has 20 heavy (non-hydrogen) atoms. The largest absolute Gasteiger partial charge is 0.465 e. The van der Waals surface area contributed by atoms with Crippen molar-refractivity contribution in [2.24, 2.45) is 0 Å². The van der Waals surface area contributed by atoms with Gasteiger partial charge in [-0.25, -0.2) is 4.79 Å². The lowest BCUT2D eigenvalue weighted by atomic mass is 9.96. The summed E-state index contributed by atoms with van der Waals surface area (Å²) in [5, 5.41) is 0. The molecule has 1 aromatic heterocycles. The number of nitrogens with zero attached hydrogens (tertiary/aromatic N) is 1. The molecule has 1 heterocycles. The Morgan fingerprint density at radius 1 is 1.05 bits per heavy atom. The molecule has 0 saturated carbocycles. The molecule has 0 spiro atoms. The van der Waals surface area contributed by atoms with Gasteiger partial charge in [0.05, 0.1) is 18.4 Å². The van der Waals surface area contributed by atoms with Crippen molar-refractivity contribution >= 4 is 5.97 Å². The molecule has 0 amide bonds. The van der Waals surface area contributed by atoms with Crippen molar-refractivity contribution in [2.75, 3.05) is 7.11 Å². The van der Waals surface area contributed by atoms with Gasteiger partial charge in [-0.2, -0.15) is 0 Å². The molecule has 0 radical (unpaired) electrons. The number of pyridine rings is 1. The van der Waals surface area contributed by atoms with Crippen molar-refractivity contribution in [3.63, 3.8) is 0 Å². The second-order valence-corrected chi connectivity index (χ2v) is 5.70. The monoisotopic (exact) mass is 275 g/mol. The van der Waals surface area contributed by atoms with Crippen LogP contribution in [0.2, 0.25) is 0 Å². The van der Waals surface area contributed by atoms with Gasteiger partial charge < -0.3 is 4.74 Å². The van der Waals surface area contributed by atoms with E-state index in [4.69, 9.17) is 4.74 Å². The summed E-state index contributed by atoms with van der Waals surface area (Å²) in [4.78, 5) is 16.6. The van der Waals surface area contributed by atoms with Gasteiger partial charge in [0.1, 0.15) is 0 Å². The fraction of sp³-hybridized carbons (Fsp3) is 0.647. The Hall–Kier alpha value is -1.38. The van der Waals surface area contributed by atoms with E-state index >= 15 is 0 Å². The SMILES string of the molecule is COC(=O)c1c2cc(nc1C)CCCCCCCCC2. The second kappa shape index (κ2) is 7.41. The first-order chi connectivity index (χ1) is 9.72. The lowest BCUT2D eigenvalue weighted by Gasteiger charge is -2.14. The van der Waals surface area contributed by atoms with Crippen LogP contribution in [0.4, 0.5) is 0 Å². The Bertz CT molecular complexity index is 468.